The van der Waals surface area contributed by atoms with E-state index >= 15 is 0 Å². The molecule has 7 nitrogen and oxygen atoms in total. The number of anilines is 2. The lowest BCUT2D eigenvalue weighted by Gasteiger charge is -2.15. The van der Waals surface area contributed by atoms with E-state index in [0.29, 0.717) is 18.1 Å². The molecule has 3 heterocycles. The van der Waals surface area contributed by atoms with Crippen molar-refractivity contribution >= 4 is 28.3 Å². The standard InChI is InChI=1S/C22H22N6O/c1-3-14-16-9-19(27-22(29)15-8-13(15)4-6-23)26-11-18(16)21(24)28-20(14)17-10-25-7-5-12(17)2/h5,7,9-11,13,15H,3-4,8H2,1-2H3,(H2,24,28)(H,26,27,29). The van der Waals surface area contributed by atoms with Crippen LogP contribution < -0.4 is 11.1 Å². The molecule has 0 saturated heterocycles. The van der Waals surface area contributed by atoms with Crippen LogP contribution in [0.15, 0.2) is 30.7 Å². The second-order valence-corrected chi connectivity index (χ2v) is 7.44. The van der Waals surface area contributed by atoms with E-state index in [1.807, 2.05) is 19.1 Å². The van der Waals surface area contributed by atoms with Crippen molar-refractivity contribution in [1.29, 1.82) is 5.26 Å². The van der Waals surface area contributed by atoms with Gasteiger partial charge in [-0.3, -0.25) is 9.78 Å². The molecule has 0 radical (unpaired) electrons. The Balaban J connectivity index is 1.75. The van der Waals surface area contributed by atoms with E-state index in [1.165, 1.54) is 0 Å². The van der Waals surface area contributed by atoms with E-state index in [1.54, 1.807) is 18.6 Å². The number of aromatic nitrogens is 3. The summed E-state index contributed by atoms with van der Waals surface area (Å²) in [5, 5.41) is 13.4. The third kappa shape index (κ3) is 3.49. The normalized spacial score (nSPS) is 17.7. The fraction of sp³-hybridized carbons (Fsp3) is 0.318. The van der Waals surface area contributed by atoms with E-state index < -0.39 is 0 Å². The Bertz CT molecular complexity index is 1150. The number of aryl methyl sites for hydroxylation is 2. The molecule has 7 heteroatoms. The maximum atomic E-state index is 12.4. The van der Waals surface area contributed by atoms with Crippen LogP contribution in [0.2, 0.25) is 0 Å². The van der Waals surface area contributed by atoms with Crippen molar-refractivity contribution in [3.63, 3.8) is 0 Å². The maximum absolute atomic E-state index is 12.4. The van der Waals surface area contributed by atoms with Crippen LogP contribution in [-0.4, -0.2) is 20.9 Å². The summed E-state index contributed by atoms with van der Waals surface area (Å²) < 4.78 is 0. The molecule has 146 valence electrons. The predicted molar refractivity (Wildman–Crippen MR) is 112 cm³/mol. The van der Waals surface area contributed by atoms with E-state index in [4.69, 9.17) is 11.0 Å². The Morgan fingerprint density at radius 2 is 2.21 bits per heavy atom. The number of rotatable bonds is 5. The van der Waals surface area contributed by atoms with Gasteiger partial charge in [0, 0.05) is 41.9 Å². The quantitative estimate of drug-likeness (QED) is 0.691. The van der Waals surface area contributed by atoms with Gasteiger partial charge in [-0.1, -0.05) is 6.92 Å². The van der Waals surface area contributed by atoms with Gasteiger partial charge >= 0.3 is 0 Å². The summed E-state index contributed by atoms with van der Waals surface area (Å²) in [7, 11) is 0. The maximum Gasteiger partial charge on any atom is 0.228 e. The summed E-state index contributed by atoms with van der Waals surface area (Å²) in [5.74, 6) is 0.859. The minimum atomic E-state index is -0.103. The van der Waals surface area contributed by atoms with E-state index in [-0.39, 0.29) is 17.7 Å². The van der Waals surface area contributed by atoms with Crippen LogP contribution in [0.1, 0.15) is 30.9 Å². The van der Waals surface area contributed by atoms with Gasteiger partial charge in [-0.05, 0) is 54.3 Å². The topological polar surface area (TPSA) is 118 Å². The largest absolute Gasteiger partial charge is 0.383 e. The highest BCUT2D eigenvalue weighted by Gasteiger charge is 2.42. The number of carbonyl (C=O) groups excluding carboxylic acids is 1. The molecule has 0 bridgehead atoms. The molecule has 0 aliphatic heterocycles. The van der Waals surface area contributed by atoms with E-state index in [2.05, 4.69) is 33.3 Å². The summed E-state index contributed by atoms with van der Waals surface area (Å²) in [4.78, 5) is 25.7. The van der Waals surface area contributed by atoms with Crippen molar-refractivity contribution in [2.75, 3.05) is 11.1 Å². The summed E-state index contributed by atoms with van der Waals surface area (Å²) in [5.41, 5.74) is 10.1. The second-order valence-electron chi connectivity index (χ2n) is 7.44. The van der Waals surface area contributed by atoms with Crippen LogP contribution in [0.4, 0.5) is 11.6 Å². The van der Waals surface area contributed by atoms with Crippen LogP contribution in [0.3, 0.4) is 0 Å². The zero-order valence-electron chi connectivity index (χ0n) is 16.4. The van der Waals surface area contributed by atoms with Crippen molar-refractivity contribution in [3.05, 3.63) is 41.9 Å². The van der Waals surface area contributed by atoms with Crippen LogP contribution in [0.5, 0.6) is 0 Å². The first kappa shape index (κ1) is 18.8. The Morgan fingerprint density at radius 3 is 2.93 bits per heavy atom. The Morgan fingerprint density at radius 1 is 1.38 bits per heavy atom. The molecule has 2 unspecified atom stereocenters. The Labute approximate surface area is 169 Å². The highest BCUT2D eigenvalue weighted by molar-refractivity contribution is 6.00. The van der Waals surface area contributed by atoms with Crippen molar-refractivity contribution in [3.8, 4) is 17.3 Å². The molecule has 3 aromatic heterocycles. The first-order valence-electron chi connectivity index (χ1n) is 9.70. The molecule has 29 heavy (non-hydrogen) atoms. The number of carbonyl (C=O) groups is 1. The molecule has 1 amide bonds. The van der Waals surface area contributed by atoms with Crippen LogP contribution in [-0.2, 0) is 11.2 Å². The monoisotopic (exact) mass is 386 g/mol. The highest BCUT2D eigenvalue weighted by Crippen LogP contribution is 2.42. The Kier molecular flexibility index (Phi) is 4.85. The number of amides is 1. The smallest absolute Gasteiger partial charge is 0.228 e. The molecular weight excluding hydrogens is 364 g/mol. The fourth-order valence-electron chi connectivity index (χ4n) is 3.78. The number of nitrogen functional groups attached to an aromatic ring is 1. The molecule has 0 aromatic carbocycles. The van der Waals surface area contributed by atoms with Gasteiger partial charge in [-0.2, -0.15) is 5.26 Å². The van der Waals surface area contributed by atoms with Crippen LogP contribution in [0, 0.1) is 30.1 Å². The number of hydrogen-bond acceptors (Lipinski definition) is 6. The molecule has 1 aliphatic carbocycles. The average molecular weight is 386 g/mol. The molecule has 3 N–H and O–H groups in total. The summed E-state index contributed by atoms with van der Waals surface area (Å²) in [6.07, 6.45) is 7.13. The van der Waals surface area contributed by atoms with Gasteiger partial charge in [-0.25, -0.2) is 9.97 Å². The lowest BCUT2D eigenvalue weighted by atomic mass is 9.97. The van der Waals surface area contributed by atoms with Crippen molar-refractivity contribution in [2.24, 2.45) is 11.8 Å². The average Bonchev–Trinajstić information content (AvgIpc) is 3.48. The molecule has 0 spiro atoms. The van der Waals surface area contributed by atoms with Gasteiger partial charge in [0.25, 0.3) is 0 Å². The lowest BCUT2D eigenvalue weighted by Crippen LogP contribution is -2.15. The fourth-order valence-corrected chi connectivity index (χ4v) is 3.78. The third-order valence-corrected chi connectivity index (χ3v) is 5.53. The molecule has 3 aromatic rings. The minimum Gasteiger partial charge on any atom is -0.383 e. The predicted octanol–water partition coefficient (Wildman–Crippen LogP) is 3.63. The van der Waals surface area contributed by atoms with Crippen LogP contribution >= 0.6 is 0 Å². The minimum absolute atomic E-state index is 0.0829. The molecule has 1 saturated carbocycles. The summed E-state index contributed by atoms with van der Waals surface area (Å²) in [6.45, 7) is 4.08. The van der Waals surface area contributed by atoms with Gasteiger partial charge in [0.05, 0.1) is 11.8 Å². The molecule has 1 fully saturated rings. The van der Waals surface area contributed by atoms with Crippen LogP contribution in [0.25, 0.3) is 22.0 Å². The van der Waals surface area contributed by atoms with Crippen molar-refractivity contribution < 1.29 is 4.79 Å². The number of fused-ring (bicyclic) bond motifs is 1. The first-order chi connectivity index (χ1) is 14.0. The van der Waals surface area contributed by atoms with Crippen molar-refractivity contribution in [2.45, 2.75) is 33.1 Å². The van der Waals surface area contributed by atoms with Gasteiger partial charge in [0.2, 0.25) is 5.91 Å². The zero-order valence-corrected chi connectivity index (χ0v) is 16.4. The Hall–Kier alpha value is -3.53. The summed E-state index contributed by atoms with van der Waals surface area (Å²) in [6, 6.07) is 5.94. The first-order valence-corrected chi connectivity index (χ1v) is 9.70. The van der Waals surface area contributed by atoms with Gasteiger partial charge in [-0.15, -0.1) is 0 Å². The number of pyridine rings is 3. The van der Waals surface area contributed by atoms with E-state index in [0.717, 1.165) is 46.0 Å². The second kappa shape index (κ2) is 7.47. The zero-order chi connectivity index (χ0) is 20.5. The highest BCUT2D eigenvalue weighted by atomic mass is 16.2. The van der Waals surface area contributed by atoms with E-state index in [9.17, 15) is 4.79 Å². The van der Waals surface area contributed by atoms with Gasteiger partial charge < -0.3 is 11.1 Å². The summed E-state index contributed by atoms with van der Waals surface area (Å²) >= 11 is 0. The molecular formula is C22H22N6O. The molecule has 1 aliphatic rings. The lowest BCUT2D eigenvalue weighted by molar-refractivity contribution is -0.117. The number of nitriles is 1. The van der Waals surface area contributed by atoms with Gasteiger partial charge in [0.1, 0.15) is 11.6 Å². The number of nitrogens with two attached hydrogens (primary N) is 1. The number of nitrogens with zero attached hydrogens (tertiary/aromatic N) is 4. The third-order valence-electron chi connectivity index (χ3n) is 5.53. The van der Waals surface area contributed by atoms with Gasteiger partial charge in [0.15, 0.2) is 0 Å². The number of hydrogen-bond donors (Lipinski definition) is 2. The van der Waals surface area contributed by atoms with Crippen molar-refractivity contribution in [1.82, 2.24) is 15.0 Å². The SMILES string of the molecule is CCc1c(-c2cnccc2C)nc(N)c2cnc(NC(=O)C3CC3CC#N)cc12. The number of nitrogens with one attached hydrogen (secondary N) is 1. The molecule has 4 rings (SSSR count). The molecule has 2 atom stereocenters.